The maximum atomic E-state index is 8.52. The zero-order valence-electron chi connectivity index (χ0n) is 14.9. The van der Waals surface area contributed by atoms with Crippen molar-refractivity contribution in [3.63, 3.8) is 0 Å². The number of hydrogen-bond acceptors (Lipinski definition) is 10. The number of aromatic nitrogens is 2. The molecule has 0 bridgehead atoms. The number of rotatable bonds is 2. The van der Waals surface area contributed by atoms with Crippen molar-refractivity contribution in [3.05, 3.63) is 60.2 Å². The summed E-state index contributed by atoms with van der Waals surface area (Å²) in [6.07, 6.45) is 6.31. The molecule has 0 aliphatic rings. The minimum Gasteiger partial charge on any atom is -0.759 e. The van der Waals surface area contributed by atoms with Crippen LogP contribution in [0, 0.1) is 0 Å². The smallest absolute Gasteiger partial charge is 0.759 e. The molecule has 0 atom stereocenters. The quantitative estimate of drug-likeness (QED) is 0.0463. The summed E-state index contributed by atoms with van der Waals surface area (Å²) < 4.78 is 34.1. The average molecular weight is 493 g/mol. The van der Waals surface area contributed by atoms with Gasteiger partial charge < -0.3 is 47.4 Å². The van der Waals surface area contributed by atoms with Gasteiger partial charge in [-0.1, -0.05) is 10.3 Å². The van der Waals surface area contributed by atoms with Crippen LogP contribution in [0.15, 0.2) is 59.4 Å². The maximum Gasteiger partial charge on any atom is 2.00 e. The van der Waals surface area contributed by atoms with Gasteiger partial charge in [-0.25, -0.2) is 0 Å². The van der Waals surface area contributed by atoms with Gasteiger partial charge in [-0.2, -0.15) is 0 Å². The number of oxime groups is 2. The molecule has 17 heteroatoms. The molecular weight excluding hydrogens is 470 g/mol. The van der Waals surface area contributed by atoms with E-state index >= 15 is 0 Å². The van der Waals surface area contributed by atoms with Crippen molar-refractivity contribution in [1.82, 2.24) is 9.97 Å². The molecule has 0 amide bonds. The van der Waals surface area contributed by atoms with Gasteiger partial charge in [0.2, 0.25) is 0 Å². The van der Waals surface area contributed by atoms with E-state index < -0.39 is 10.4 Å². The van der Waals surface area contributed by atoms with E-state index in [1.165, 1.54) is 0 Å². The van der Waals surface area contributed by atoms with Crippen LogP contribution in [0.25, 0.3) is 0 Å². The molecule has 0 radical (unpaired) electrons. The third kappa shape index (κ3) is 21.4. The predicted molar refractivity (Wildman–Crippen MR) is 98.6 cm³/mol. The molecule has 0 saturated carbocycles. The summed E-state index contributed by atoms with van der Waals surface area (Å²) in [6, 6.07) is 6.65. The Bertz CT molecular complexity index is 733. The molecule has 0 saturated heterocycles. The van der Waals surface area contributed by atoms with Crippen molar-refractivity contribution in [1.29, 1.82) is 0 Å². The molecular formula is C12H23N6O9SZn+3. The predicted octanol–water partition coefficient (Wildman–Crippen LogP) is -3.75. The first-order valence-corrected chi connectivity index (χ1v) is 7.45. The molecule has 15 N–H and O–H groups in total. The van der Waals surface area contributed by atoms with Crippen LogP contribution < -0.4 is 11.5 Å². The minimum absolute atomic E-state index is 0. The minimum atomic E-state index is -5.17. The second-order valence-electron chi connectivity index (χ2n) is 3.85. The first kappa shape index (κ1) is 37.0. The standard InChI is InChI=1S/2C6H7N3O.H2O4S.3H2O.Zn/c2*7-6(9-10)5-1-3-8-4-2-5;1-5(2,3)4;;;;/h2*1-4,10H,(H2,7,9);(H2,1,2,3,4);3*1H2;/q;;;;;;+2/p+1. The van der Waals surface area contributed by atoms with E-state index in [-0.39, 0.29) is 47.6 Å². The number of nitrogens with zero attached hydrogens (tertiary/aromatic N) is 4. The summed E-state index contributed by atoms with van der Waals surface area (Å²) in [5.74, 6) is 0.199. The third-order valence-electron chi connectivity index (χ3n) is 2.17. The Kier molecular flexibility index (Phi) is 25.5. The van der Waals surface area contributed by atoms with E-state index in [1.807, 2.05) is 0 Å². The summed E-state index contributed by atoms with van der Waals surface area (Å²) >= 11 is 0. The fraction of sp³-hybridized carbons (Fsp3) is 0. The van der Waals surface area contributed by atoms with Crippen LogP contribution >= 0.6 is 0 Å². The van der Waals surface area contributed by atoms with Gasteiger partial charge in [0.15, 0.2) is 11.7 Å². The van der Waals surface area contributed by atoms with Crippen molar-refractivity contribution < 1.29 is 63.8 Å². The van der Waals surface area contributed by atoms with Crippen molar-refractivity contribution in [2.45, 2.75) is 0 Å². The van der Waals surface area contributed by atoms with Crippen molar-refractivity contribution in [2.24, 2.45) is 21.8 Å². The van der Waals surface area contributed by atoms with Gasteiger partial charge in [0, 0.05) is 46.3 Å². The van der Waals surface area contributed by atoms with Crippen molar-refractivity contribution >= 4 is 22.1 Å². The van der Waals surface area contributed by atoms with Crippen molar-refractivity contribution in [3.8, 4) is 0 Å². The molecule has 0 aliphatic heterocycles. The van der Waals surface area contributed by atoms with E-state index in [4.69, 9.17) is 39.4 Å². The summed E-state index contributed by atoms with van der Waals surface area (Å²) in [4.78, 5) is 7.54. The summed E-state index contributed by atoms with van der Waals surface area (Å²) in [6.45, 7) is 0. The topological polar surface area (TPSA) is 322 Å². The molecule has 29 heavy (non-hydrogen) atoms. The second-order valence-corrected chi connectivity index (χ2v) is 4.67. The zero-order chi connectivity index (χ0) is 19.3. The van der Waals surface area contributed by atoms with Crippen LogP contribution in [0.3, 0.4) is 0 Å². The molecule has 0 unspecified atom stereocenters. The van der Waals surface area contributed by atoms with Gasteiger partial charge >= 0.3 is 19.5 Å². The van der Waals surface area contributed by atoms with E-state index in [1.54, 1.807) is 49.1 Å². The van der Waals surface area contributed by atoms with Crippen LogP contribution in [0.4, 0.5) is 0 Å². The average Bonchev–Trinajstić information content (AvgIpc) is 2.61. The second kappa shape index (κ2) is 20.0. The zero-order valence-corrected chi connectivity index (χ0v) is 18.7. The van der Waals surface area contributed by atoms with Crippen LogP contribution in [-0.4, -0.2) is 49.6 Å². The Labute approximate surface area is 178 Å². The Morgan fingerprint density at radius 3 is 1.17 bits per heavy atom. The van der Waals surface area contributed by atoms with E-state index in [0.717, 1.165) is 0 Å². The van der Waals surface area contributed by atoms with Gasteiger partial charge in [-0.05, 0) is 24.3 Å². The molecule has 15 nitrogen and oxygen atoms in total. The van der Waals surface area contributed by atoms with Gasteiger partial charge in [-0.3, -0.25) is 18.4 Å². The van der Waals surface area contributed by atoms with Crippen LogP contribution in [-0.2, 0) is 46.3 Å². The van der Waals surface area contributed by atoms with Crippen LogP contribution in [0.1, 0.15) is 11.1 Å². The maximum absolute atomic E-state index is 8.52. The van der Waals surface area contributed by atoms with Crippen LogP contribution in [0.5, 0.6) is 0 Å². The number of pyridine rings is 2. The van der Waals surface area contributed by atoms with Gasteiger partial charge in [0.25, 0.3) is 0 Å². The number of nitrogens with two attached hydrogens (primary N) is 2. The normalized spacial score (nSPS) is 9.86. The number of hydrogen-bond donors (Lipinski definition) is 4. The Morgan fingerprint density at radius 1 is 0.793 bits per heavy atom. The Balaban J connectivity index is -0.0000000975. The SMILES string of the molecule is N/C(=N\O)c1ccncc1.N/C(=N\O)c1ccncc1.O=S(=O)([O-])[O-].[OH3+].[OH3+].[OH3+].[Zn+2]. The molecule has 0 spiro atoms. The van der Waals surface area contributed by atoms with Crippen LogP contribution in [0.2, 0.25) is 0 Å². The molecule has 0 fully saturated rings. The largest absolute Gasteiger partial charge is 2.00 e. The monoisotopic (exact) mass is 491 g/mol. The molecule has 0 aromatic carbocycles. The summed E-state index contributed by atoms with van der Waals surface area (Å²) in [7, 11) is -5.17. The molecule has 2 heterocycles. The van der Waals surface area contributed by atoms with Crippen molar-refractivity contribution in [2.75, 3.05) is 0 Å². The molecule has 2 rings (SSSR count). The molecule has 2 aromatic heterocycles. The fourth-order valence-electron chi connectivity index (χ4n) is 1.16. The molecule has 2 aromatic rings. The summed E-state index contributed by atoms with van der Waals surface area (Å²) in [5.41, 5.74) is 11.9. The number of amidine groups is 2. The molecule has 0 aliphatic carbocycles. The van der Waals surface area contributed by atoms with Gasteiger partial charge in [0.05, 0.1) is 0 Å². The van der Waals surface area contributed by atoms with Gasteiger partial charge in [-0.15, -0.1) is 0 Å². The molecule has 160 valence electrons. The fourth-order valence-corrected chi connectivity index (χ4v) is 1.16. The first-order valence-electron chi connectivity index (χ1n) is 6.11. The third-order valence-corrected chi connectivity index (χ3v) is 2.17. The Morgan fingerprint density at radius 2 is 1.00 bits per heavy atom. The van der Waals surface area contributed by atoms with E-state index in [2.05, 4.69) is 20.3 Å². The Hall–Kier alpha value is -2.79. The van der Waals surface area contributed by atoms with Gasteiger partial charge in [0.1, 0.15) is 0 Å². The van der Waals surface area contributed by atoms with E-state index in [0.29, 0.717) is 11.1 Å². The summed E-state index contributed by atoms with van der Waals surface area (Å²) in [5, 5.41) is 22.1. The van der Waals surface area contributed by atoms with E-state index in [9.17, 15) is 0 Å². The first-order chi connectivity index (χ1) is 11.7.